The van der Waals surface area contributed by atoms with Crippen molar-refractivity contribution >= 4 is 45.0 Å². The minimum Gasteiger partial charge on any atom is -0.323 e. The number of imide groups is 1. The van der Waals surface area contributed by atoms with Crippen LogP contribution in [0.1, 0.15) is 38.5 Å². The van der Waals surface area contributed by atoms with Crippen LogP contribution < -0.4 is 5.32 Å². The molecule has 0 radical (unpaired) electrons. The van der Waals surface area contributed by atoms with Crippen LogP contribution in [0, 0.1) is 11.8 Å². The Balaban J connectivity index is 1.48. The number of nitrogens with one attached hydrogen (secondary N) is 1. The van der Waals surface area contributed by atoms with E-state index in [0.29, 0.717) is 25.9 Å². The Hall–Kier alpha value is -2.23. The van der Waals surface area contributed by atoms with Gasteiger partial charge in [-0.25, -0.2) is 8.42 Å². The second-order valence-corrected chi connectivity index (χ2v) is 10.8. The monoisotopic (exact) mass is 479 g/mol. The van der Waals surface area contributed by atoms with Crippen molar-refractivity contribution in [1.82, 2.24) is 9.21 Å². The molecule has 1 N–H and O–H groups in total. The summed E-state index contributed by atoms with van der Waals surface area (Å²) in [4.78, 5) is 38.8. The summed E-state index contributed by atoms with van der Waals surface area (Å²) in [5, 5.41) is 2.74. The van der Waals surface area contributed by atoms with Gasteiger partial charge in [-0.15, -0.1) is 0 Å². The van der Waals surface area contributed by atoms with Gasteiger partial charge in [0.2, 0.25) is 27.7 Å². The predicted molar refractivity (Wildman–Crippen MR) is 119 cm³/mol. The van der Waals surface area contributed by atoms with Gasteiger partial charge in [-0.2, -0.15) is 4.31 Å². The molecule has 4 rings (SSSR count). The molecule has 8 nitrogen and oxygen atoms in total. The first-order valence-electron chi connectivity index (χ1n) is 10.9. The van der Waals surface area contributed by atoms with E-state index in [0.717, 1.165) is 30.6 Å². The number of amides is 3. The highest BCUT2D eigenvalue weighted by Crippen LogP contribution is 2.35. The summed E-state index contributed by atoms with van der Waals surface area (Å²) in [6, 6.07) is 4.18. The number of nitrogens with zero attached hydrogens (tertiary/aromatic N) is 2. The number of anilines is 1. The number of halogens is 1. The molecule has 1 aliphatic carbocycles. The number of allylic oxidation sites excluding steroid dienone is 2. The van der Waals surface area contributed by atoms with Crippen LogP contribution in [-0.2, 0) is 24.4 Å². The lowest BCUT2D eigenvalue weighted by molar-refractivity contribution is -0.142. The van der Waals surface area contributed by atoms with E-state index >= 15 is 0 Å². The molecule has 2 aliphatic heterocycles. The van der Waals surface area contributed by atoms with Crippen molar-refractivity contribution in [1.29, 1.82) is 0 Å². The fraction of sp³-hybridized carbons (Fsp3) is 0.500. The SMILES string of the molecule is O=C(CN1C(=O)C2CC=CCC2C1=O)Nc1cc(S(=O)(=O)N2CCCCCC2)ccc1Cl. The number of fused-ring (bicyclic) bond motifs is 1. The molecule has 0 spiro atoms. The number of benzene rings is 1. The normalized spacial score (nSPS) is 24.3. The van der Waals surface area contributed by atoms with E-state index in [2.05, 4.69) is 5.32 Å². The fourth-order valence-corrected chi connectivity index (χ4v) is 6.26. The van der Waals surface area contributed by atoms with Gasteiger partial charge < -0.3 is 5.32 Å². The number of likely N-dealkylation sites (tertiary alicyclic amines) is 1. The first-order chi connectivity index (χ1) is 15.3. The molecule has 1 aromatic carbocycles. The summed E-state index contributed by atoms with van der Waals surface area (Å²) in [7, 11) is -3.72. The third-order valence-electron chi connectivity index (χ3n) is 6.32. The molecule has 0 bridgehead atoms. The molecule has 10 heteroatoms. The maximum atomic E-state index is 13.1. The average molecular weight is 480 g/mol. The van der Waals surface area contributed by atoms with Crippen molar-refractivity contribution in [3.63, 3.8) is 0 Å². The van der Waals surface area contributed by atoms with Crippen LogP contribution in [0.15, 0.2) is 35.2 Å². The smallest absolute Gasteiger partial charge is 0.244 e. The molecule has 2 saturated heterocycles. The van der Waals surface area contributed by atoms with Gasteiger partial charge in [0.15, 0.2) is 0 Å². The van der Waals surface area contributed by atoms with Crippen LogP contribution in [0.5, 0.6) is 0 Å². The van der Waals surface area contributed by atoms with E-state index in [4.69, 9.17) is 11.6 Å². The van der Waals surface area contributed by atoms with Gasteiger partial charge in [0.05, 0.1) is 27.4 Å². The van der Waals surface area contributed by atoms with Crippen molar-refractivity contribution < 1.29 is 22.8 Å². The molecule has 2 fully saturated rings. The Labute approximate surface area is 192 Å². The number of hydrogen-bond donors (Lipinski definition) is 1. The topological polar surface area (TPSA) is 104 Å². The van der Waals surface area contributed by atoms with Crippen molar-refractivity contribution in [2.45, 2.75) is 43.4 Å². The highest BCUT2D eigenvalue weighted by atomic mass is 35.5. The number of sulfonamides is 1. The molecule has 1 aromatic rings. The van der Waals surface area contributed by atoms with Gasteiger partial charge in [0, 0.05) is 13.1 Å². The summed E-state index contributed by atoms with van der Waals surface area (Å²) in [6.45, 7) is 0.496. The lowest BCUT2D eigenvalue weighted by Crippen LogP contribution is -2.38. The van der Waals surface area contributed by atoms with Crippen LogP contribution in [-0.4, -0.2) is 55.0 Å². The fourth-order valence-electron chi connectivity index (χ4n) is 4.55. The lowest BCUT2D eigenvalue weighted by atomic mass is 9.85. The summed E-state index contributed by atoms with van der Waals surface area (Å²) >= 11 is 6.20. The molecule has 2 heterocycles. The average Bonchev–Trinajstić information content (AvgIpc) is 2.98. The first kappa shape index (κ1) is 22.9. The van der Waals surface area contributed by atoms with Gasteiger partial charge in [-0.05, 0) is 43.9 Å². The molecule has 32 heavy (non-hydrogen) atoms. The minimum atomic E-state index is -3.72. The Morgan fingerprint density at radius 1 is 1.00 bits per heavy atom. The van der Waals surface area contributed by atoms with E-state index in [1.807, 2.05) is 12.2 Å². The summed E-state index contributed by atoms with van der Waals surface area (Å²) < 4.78 is 27.6. The van der Waals surface area contributed by atoms with E-state index in [1.165, 1.54) is 22.5 Å². The molecular formula is C22H26ClN3O5S. The predicted octanol–water partition coefficient (Wildman–Crippen LogP) is 2.79. The molecule has 2 unspecified atom stereocenters. The highest BCUT2D eigenvalue weighted by molar-refractivity contribution is 7.89. The summed E-state index contributed by atoms with van der Waals surface area (Å²) in [6.07, 6.45) is 8.38. The van der Waals surface area contributed by atoms with Gasteiger partial charge in [-0.1, -0.05) is 36.6 Å². The first-order valence-corrected chi connectivity index (χ1v) is 12.7. The Bertz CT molecular complexity index is 1040. The van der Waals surface area contributed by atoms with Crippen molar-refractivity contribution in [3.8, 4) is 0 Å². The van der Waals surface area contributed by atoms with Crippen molar-refractivity contribution in [2.24, 2.45) is 11.8 Å². The van der Waals surface area contributed by atoms with Gasteiger partial charge >= 0.3 is 0 Å². The van der Waals surface area contributed by atoms with Gasteiger partial charge in [0.1, 0.15) is 6.54 Å². The van der Waals surface area contributed by atoms with E-state index in [9.17, 15) is 22.8 Å². The molecule has 3 aliphatic rings. The highest BCUT2D eigenvalue weighted by Gasteiger charge is 2.47. The molecule has 0 aromatic heterocycles. The van der Waals surface area contributed by atoms with E-state index in [-0.39, 0.29) is 27.4 Å². The second kappa shape index (κ2) is 9.33. The zero-order valence-corrected chi connectivity index (χ0v) is 19.2. The number of carbonyl (C=O) groups is 3. The van der Waals surface area contributed by atoms with Gasteiger partial charge in [0.25, 0.3) is 0 Å². The zero-order chi connectivity index (χ0) is 22.9. The van der Waals surface area contributed by atoms with Crippen molar-refractivity contribution in [3.05, 3.63) is 35.4 Å². The van der Waals surface area contributed by atoms with E-state index < -0.39 is 34.3 Å². The lowest BCUT2D eigenvalue weighted by Gasteiger charge is -2.21. The molecular weight excluding hydrogens is 454 g/mol. The van der Waals surface area contributed by atoms with Gasteiger partial charge in [-0.3, -0.25) is 19.3 Å². The third-order valence-corrected chi connectivity index (χ3v) is 8.54. The van der Waals surface area contributed by atoms with Crippen LogP contribution in [0.25, 0.3) is 0 Å². The third kappa shape index (κ3) is 4.46. The standard InChI is InChI=1S/C22H26ClN3O5S/c23-18-10-9-15(32(30,31)25-11-5-1-2-6-12-25)13-19(18)24-20(27)14-26-21(28)16-7-3-4-8-17(16)22(26)29/h3-4,9-10,13,16-17H,1-2,5-8,11-12,14H2,(H,24,27). The van der Waals surface area contributed by atoms with Crippen LogP contribution in [0.4, 0.5) is 5.69 Å². The minimum absolute atomic E-state index is 0.0459. The van der Waals surface area contributed by atoms with Crippen molar-refractivity contribution in [2.75, 3.05) is 25.0 Å². The number of carbonyl (C=O) groups excluding carboxylic acids is 3. The van der Waals surface area contributed by atoms with Crippen LogP contribution in [0.2, 0.25) is 5.02 Å². The quantitative estimate of drug-likeness (QED) is 0.516. The summed E-state index contributed by atoms with van der Waals surface area (Å²) in [5.41, 5.74) is 0.130. The Kier molecular flexibility index (Phi) is 6.69. The van der Waals surface area contributed by atoms with E-state index in [1.54, 1.807) is 0 Å². The maximum absolute atomic E-state index is 13.1. The zero-order valence-electron chi connectivity index (χ0n) is 17.6. The van der Waals surface area contributed by atoms with Crippen LogP contribution >= 0.6 is 11.6 Å². The van der Waals surface area contributed by atoms with Crippen LogP contribution in [0.3, 0.4) is 0 Å². The largest absolute Gasteiger partial charge is 0.323 e. The Morgan fingerprint density at radius 2 is 1.59 bits per heavy atom. The Morgan fingerprint density at radius 3 is 2.19 bits per heavy atom. The molecule has 2 atom stereocenters. The number of hydrogen-bond acceptors (Lipinski definition) is 5. The second-order valence-electron chi connectivity index (χ2n) is 8.43. The molecule has 0 saturated carbocycles. The molecule has 172 valence electrons. The molecule has 3 amide bonds. The maximum Gasteiger partial charge on any atom is 0.244 e. The summed E-state index contributed by atoms with van der Waals surface area (Å²) in [5.74, 6) is -2.12. The number of rotatable bonds is 5.